The van der Waals surface area contributed by atoms with Crippen LogP contribution >= 0.6 is 0 Å². The largest absolute Gasteiger partial charge is 0.489 e. The first-order valence-corrected chi connectivity index (χ1v) is 7.24. The Balaban J connectivity index is 1.68. The molecular formula is C15H21N3O2. The molecule has 20 heavy (non-hydrogen) atoms. The molecule has 1 fully saturated rings. The van der Waals surface area contributed by atoms with Crippen LogP contribution < -0.4 is 15.4 Å². The average Bonchev–Trinajstić information content (AvgIpc) is 2.89. The molecule has 0 spiro atoms. The van der Waals surface area contributed by atoms with Gasteiger partial charge in [0.25, 0.3) is 5.91 Å². The molecule has 0 radical (unpaired) electrons. The summed E-state index contributed by atoms with van der Waals surface area (Å²) in [6, 6.07) is 6.10. The van der Waals surface area contributed by atoms with Crippen LogP contribution in [0.2, 0.25) is 0 Å². The van der Waals surface area contributed by atoms with Crippen molar-refractivity contribution in [2.45, 2.75) is 18.9 Å². The summed E-state index contributed by atoms with van der Waals surface area (Å²) in [5.41, 5.74) is 1.53. The van der Waals surface area contributed by atoms with E-state index in [4.69, 9.17) is 4.74 Å². The van der Waals surface area contributed by atoms with Crippen molar-refractivity contribution < 1.29 is 9.53 Å². The minimum Gasteiger partial charge on any atom is -0.489 e. The maximum atomic E-state index is 12.3. The SMILES string of the molecule is CN1CCCC1CNC(=O)c1cccc2c1OCCN2. The number of rotatable bonds is 3. The lowest BCUT2D eigenvalue weighted by atomic mass is 10.1. The van der Waals surface area contributed by atoms with Gasteiger partial charge in [-0.15, -0.1) is 0 Å². The summed E-state index contributed by atoms with van der Waals surface area (Å²) in [7, 11) is 2.11. The fourth-order valence-corrected chi connectivity index (χ4v) is 2.89. The highest BCUT2D eigenvalue weighted by molar-refractivity contribution is 5.99. The van der Waals surface area contributed by atoms with Crippen molar-refractivity contribution >= 4 is 11.6 Å². The first-order chi connectivity index (χ1) is 9.75. The number of likely N-dealkylation sites (N-methyl/N-ethyl adjacent to an activating group) is 1. The summed E-state index contributed by atoms with van der Waals surface area (Å²) >= 11 is 0. The van der Waals surface area contributed by atoms with Crippen molar-refractivity contribution in [1.82, 2.24) is 10.2 Å². The number of carbonyl (C=O) groups excluding carboxylic acids is 1. The maximum absolute atomic E-state index is 12.3. The Hall–Kier alpha value is -1.75. The van der Waals surface area contributed by atoms with Gasteiger partial charge < -0.3 is 20.3 Å². The molecule has 1 amide bonds. The molecule has 0 aromatic heterocycles. The van der Waals surface area contributed by atoms with E-state index in [1.807, 2.05) is 18.2 Å². The van der Waals surface area contributed by atoms with E-state index in [2.05, 4.69) is 22.6 Å². The molecule has 2 heterocycles. The highest BCUT2D eigenvalue weighted by Crippen LogP contribution is 2.31. The second kappa shape index (κ2) is 5.71. The third-order valence-electron chi connectivity index (χ3n) is 4.09. The van der Waals surface area contributed by atoms with Crippen LogP contribution in [0.15, 0.2) is 18.2 Å². The Morgan fingerprint density at radius 2 is 2.45 bits per heavy atom. The number of para-hydroxylation sites is 1. The number of fused-ring (bicyclic) bond motifs is 1. The van der Waals surface area contributed by atoms with Crippen LogP contribution in [0, 0.1) is 0 Å². The van der Waals surface area contributed by atoms with E-state index < -0.39 is 0 Å². The van der Waals surface area contributed by atoms with Crippen molar-refractivity contribution in [3.8, 4) is 5.75 Å². The molecule has 108 valence electrons. The Labute approximate surface area is 119 Å². The highest BCUT2D eigenvalue weighted by atomic mass is 16.5. The average molecular weight is 275 g/mol. The number of nitrogens with zero attached hydrogens (tertiary/aromatic N) is 1. The third kappa shape index (κ3) is 2.58. The van der Waals surface area contributed by atoms with Gasteiger partial charge in [-0.3, -0.25) is 4.79 Å². The third-order valence-corrected chi connectivity index (χ3v) is 4.09. The van der Waals surface area contributed by atoms with Crippen molar-refractivity contribution in [2.75, 3.05) is 38.6 Å². The smallest absolute Gasteiger partial charge is 0.255 e. The van der Waals surface area contributed by atoms with Crippen molar-refractivity contribution in [1.29, 1.82) is 0 Å². The molecule has 3 rings (SSSR count). The number of amides is 1. The summed E-state index contributed by atoms with van der Waals surface area (Å²) in [5.74, 6) is 0.627. The number of likely N-dealkylation sites (tertiary alicyclic amines) is 1. The molecule has 2 aliphatic heterocycles. The van der Waals surface area contributed by atoms with Gasteiger partial charge >= 0.3 is 0 Å². The van der Waals surface area contributed by atoms with Crippen LogP contribution in [-0.4, -0.2) is 50.1 Å². The van der Waals surface area contributed by atoms with Crippen molar-refractivity contribution in [2.24, 2.45) is 0 Å². The van der Waals surface area contributed by atoms with Crippen LogP contribution in [0.5, 0.6) is 5.75 Å². The summed E-state index contributed by atoms with van der Waals surface area (Å²) in [5, 5.41) is 6.28. The van der Waals surface area contributed by atoms with Gasteiger partial charge in [0.15, 0.2) is 5.75 Å². The molecule has 1 saturated heterocycles. The zero-order valence-corrected chi connectivity index (χ0v) is 11.8. The molecule has 1 aromatic rings. The lowest BCUT2D eigenvalue weighted by Crippen LogP contribution is -2.38. The second-order valence-electron chi connectivity index (χ2n) is 5.44. The minimum absolute atomic E-state index is 0.0501. The van der Waals surface area contributed by atoms with Crippen LogP contribution in [0.3, 0.4) is 0 Å². The first kappa shape index (κ1) is 13.2. The molecule has 0 aliphatic carbocycles. The molecular weight excluding hydrogens is 254 g/mol. The number of benzene rings is 1. The van der Waals surface area contributed by atoms with Crippen LogP contribution in [0.4, 0.5) is 5.69 Å². The van der Waals surface area contributed by atoms with Crippen molar-refractivity contribution in [3.63, 3.8) is 0 Å². The van der Waals surface area contributed by atoms with Gasteiger partial charge in [-0.2, -0.15) is 0 Å². The van der Waals surface area contributed by atoms with Crippen LogP contribution in [0.1, 0.15) is 23.2 Å². The summed E-state index contributed by atoms with van der Waals surface area (Å²) < 4.78 is 5.63. The fourth-order valence-electron chi connectivity index (χ4n) is 2.89. The molecule has 5 heteroatoms. The first-order valence-electron chi connectivity index (χ1n) is 7.24. The molecule has 0 bridgehead atoms. The Morgan fingerprint density at radius 1 is 1.55 bits per heavy atom. The van der Waals surface area contributed by atoms with Crippen LogP contribution in [0.25, 0.3) is 0 Å². The minimum atomic E-state index is -0.0501. The molecule has 2 N–H and O–H groups in total. The standard InChI is InChI=1S/C15H21N3O2/c1-18-8-3-4-11(18)10-17-15(19)12-5-2-6-13-14(12)20-9-7-16-13/h2,5-6,11,16H,3-4,7-10H2,1H3,(H,17,19). The van der Waals surface area contributed by atoms with Gasteiger partial charge in [-0.25, -0.2) is 0 Å². The monoisotopic (exact) mass is 275 g/mol. The summed E-state index contributed by atoms with van der Waals surface area (Å²) in [6.07, 6.45) is 2.37. The molecule has 0 saturated carbocycles. The van der Waals surface area contributed by atoms with Gasteiger partial charge in [-0.05, 0) is 38.6 Å². The molecule has 1 aromatic carbocycles. The number of carbonyl (C=O) groups is 1. The summed E-state index contributed by atoms with van der Waals surface area (Å²) in [6.45, 7) is 3.20. The van der Waals surface area contributed by atoms with Gasteiger partial charge in [0.2, 0.25) is 0 Å². The predicted molar refractivity (Wildman–Crippen MR) is 78.4 cm³/mol. The number of hydrogen-bond donors (Lipinski definition) is 2. The van der Waals surface area contributed by atoms with E-state index in [1.54, 1.807) is 0 Å². The van der Waals surface area contributed by atoms with Crippen LogP contribution in [-0.2, 0) is 0 Å². The Kier molecular flexibility index (Phi) is 3.78. The summed E-state index contributed by atoms with van der Waals surface area (Å²) in [4.78, 5) is 14.6. The van der Waals surface area contributed by atoms with Gasteiger partial charge in [-0.1, -0.05) is 6.07 Å². The predicted octanol–water partition coefficient (Wildman–Crippen LogP) is 1.31. The Morgan fingerprint density at radius 3 is 3.25 bits per heavy atom. The van der Waals surface area contributed by atoms with E-state index in [0.29, 0.717) is 30.5 Å². The number of ether oxygens (including phenoxy) is 1. The molecule has 5 nitrogen and oxygen atoms in total. The molecule has 2 aliphatic rings. The molecule has 1 unspecified atom stereocenters. The van der Waals surface area contributed by atoms with Gasteiger partial charge in [0.1, 0.15) is 6.61 Å². The molecule has 1 atom stereocenters. The van der Waals surface area contributed by atoms with Crippen molar-refractivity contribution in [3.05, 3.63) is 23.8 Å². The topological polar surface area (TPSA) is 53.6 Å². The van der Waals surface area contributed by atoms with Gasteiger partial charge in [0, 0.05) is 19.1 Å². The van der Waals surface area contributed by atoms with E-state index in [0.717, 1.165) is 25.2 Å². The zero-order chi connectivity index (χ0) is 13.9. The fraction of sp³-hybridized carbons (Fsp3) is 0.533. The Bertz CT molecular complexity index is 504. The van der Waals surface area contributed by atoms with E-state index in [-0.39, 0.29) is 5.91 Å². The maximum Gasteiger partial charge on any atom is 0.255 e. The van der Waals surface area contributed by atoms with E-state index in [9.17, 15) is 4.79 Å². The second-order valence-corrected chi connectivity index (χ2v) is 5.44. The number of anilines is 1. The zero-order valence-electron chi connectivity index (χ0n) is 11.8. The lowest BCUT2D eigenvalue weighted by Gasteiger charge is -2.23. The quantitative estimate of drug-likeness (QED) is 0.873. The van der Waals surface area contributed by atoms with E-state index in [1.165, 1.54) is 6.42 Å². The lowest BCUT2D eigenvalue weighted by molar-refractivity contribution is 0.0939. The van der Waals surface area contributed by atoms with Gasteiger partial charge in [0.05, 0.1) is 11.3 Å². The highest BCUT2D eigenvalue weighted by Gasteiger charge is 2.23. The van der Waals surface area contributed by atoms with E-state index >= 15 is 0 Å². The normalized spacial score (nSPS) is 21.8. The number of hydrogen-bond acceptors (Lipinski definition) is 4. The number of nitrogens with one attached hydrogen (secondary N) is 2.